The third kappa shape index (κ3) is 3.22. The van der Waals surface area contributed by atoms with Gasteiger partial charge in [-0.2, -0.15) is 0 Å². The van der Waals surface area contributed by atoms with Crippen LogP contribution in [0.2, 0.25) is 5.02 Å². The van der Waals surface area contributed by atoms with Crippen LogP contribution in [0.4, 0.5) is 11.4 Å². The van der Waals surface area contributed by atoms with Gasteiger partial charge in [0.1, 0.15) is 0 Å². The molecule has 0 amide bonds. The third-order valence-corrected chi connectivity index (χ3v) is 5.73. The fourth-order valence-electron chi connectivity index (χ4n) is 3.97. The Bertz CT molecular complexity index is 1090. The molecule has 0 saturated carbocycles. The van der Waals surface area contributed by atoms with E-state index >= 15 is 0 Å². The van der Waals surface area contributed by atoms with Crippen LogP contribution in [0.25, 0.3) is 16.8 Å². The number of aryl methyl sites for hydroxylation is 1. The monoisotopic (exact) mass is 403 g/mol. The number of pyridine rings is 1. The van der Waals surface area contributed by atoms with E-state index in [1.54, 1.807) is 0 Å². The van der Waals surface area contributed by atoms with Gasteiger partial charge in [-0.25, -0.2) is 0 Å². The van der Waals surface area contributed by atoms with E-state index in [1.165, 1.54) is 16.9 Å². The maximum Gasteiger partial charge on any atom is 0.0832 e. The molecule has 2 aliphatic heterocycles. The van der Waals surface area contributed by atoms with E-state index < -0.39 is 0 Å². The zero-order chi connectivity index (χ0) is 20.0. The highest BCUT2D eigenvalue weighted by Gasteiger charge is 2.29. The summed E-state index contributed by atoms with van der Waals surface area (Å²) >= 11 is 6.14. The lowest BCUT2D eigenvalue weighted by Crippen LogP contribution is -2.40. The summed E-state index contributed by atoms with van der Waals surface area (Å²) in [7, 11) is 0. The van der Waals surface area contributed by atoms with Gasteiger partial charge < -0.3 is 10.3 Å². The van der Waals surface area contributed by atoms with Crippen LogP contribution in [0.15, 0.2) is 66.5 Å². The standard InChI is InChI=1S/C23H22ClN5/c1-15-3-4-18(14-25-15)17-5-10-21-22(13-17)28(20-8-6-19(24)7-9-20)11-12-29-23(21)16(2)26-27-29/h3-10,13-14,26-27H,11-12H2,1-2H3. The summed E-state index contributed by atoms with van der Waals surface area (Å²) in [5.74, 6) is 0. The molecule has 5 rings (SSSR count). The molecule has 2 aromatic carbocycles. The number of halogens is 1. The number of aromatic nitrogens is 1. The van der Waals surface area contributed by atoms with Crippen LogP contribution in [-0.4, -0.2) is 23.1 Å². The predicted molar refractivity (Wildman–Crippen MR) is 118 cm³/mol. The molecule has 0 unspecified atom stereocenters. The minimum atomic E-state index is 0.744. The summed E-state index contributed by atoms with van der Waals surface area (Å²) in [6.45, 7) is 5.79. The van der Waals surface area contributed by atoms with Crippen molar-refractivity contribution < 1.29 is 0 Å². The molecule has 3 aromatic rings. The van der Waals surface area contributed by atoms with Crippen LogP contribution < -0.4 is 15.9 Å². The molecule has 0 radical (unpaired) electrons. The van der Waals surface area contributed by atoms with Gasteiger partial charge in [-0.3, -0.25) is 9.99 Å². The van der Waals surface area contributed by atoms with E-state index in [9.17, 15) is 0 Å². The first-order valence-corrected chi connectivity index (χ1v) is 10.1. The lowest BCUT2D eigenvalue weighted by atomic mass is 10.00. The molecule has 6 heteroatoms. The van der Waals surface area contributed by atoms with Crippen LogP contribution in [-0.2, 0) is 0 Å². The van der Waals surface area contributed by atoms with Gasteiger partial charge in [0, 0.05) is 40.3 Å². The van der Waals surface area contributed by atoms with Crippen molar-refractivity contribution >= 4 is 28.7 Å². The van der Waals surface area contributed by atoms with Crippen LogP contribution in [0.3, 0.4) is 0 Å². The number of nitrogens with zero attached hydrogens (tertiary/aromatic N) is 3. The van der Waals surface area contributed by atoms with Gasteiger partial charge in [-0.1, -0.05) is 29.8 Å². The van der Waals surface area contributed by atoms with Gasteiger partial charge in [0.15, 0.2) is 0 Å². The number of rotatable bonds is 2. The molecular weight excluding hydrogens is 382 g/mol. The predicted octanol–water partition coefficient (Wildman–Crippen LogP) is 4.88. The van der Waals surface area contributed by atoms with Gasteiger partial charge in [0.25, 0.3) is 0 Å². The van der Waals surface area contributed by atoms with E-state index in [0.717, 1.165) is 46.3 Å². The smallest absolute Gasteiger partial charge is 0.0832 e. The number of nitrogens with one attached hydrogen (secondary N) is 2. The van der Waals surface area contributed by atoms with E-state index in [2.05, 4.69) is 75.2 Å². The van der Waals surface area contributed by atoms with Crippen molar-refractivity contribution in [3.63, 3.8) is 0 Å². The van der Waals surface area contributed by atoms with Crippen LogP contribution >= 0.6 is 11.6 Å². The zero-order valence-corrected chi connectivity index (χ0v) is 17.2. The second-order valence-electron chi connectivity index (χ2n) is 7.41. The second-order valence-corrected chi connectivity index (χ2v) is 7.85. The maximum atomic E-state index is 6.14. The summed E-state index contributed by atoms with van der Waals surface area (Å²) in [4.78, 5) is 6.83. The van der Waals surface area contributed by atoms with Gasteiger partial charge in [0.05, 0.1) is 23.6 Å². The molecule has 0 fully saturated rings. The maximum absolute atomic E-state index is 6.14. The minimum Gasteiger partial charge on any atom is -0.339 e. The Morgan fingerprint density at radius 3 is 2.48 bits per heavy atom. The van der Waals surface area contributed by atoms with E-state index in [1.807, 2.05) is 25.3 Å². The largest absolute Gasteiger partial charge is 0.339 e. The Balaban J connectivity index is 1.68. The number of fused-ring (bicyclic) bond motifs is 3. The lowest BCUT2D eigenvalue weighted by molar-refractivity contribution is 0.294. The number of hydrogen-bond acceptors (Lipinski definition) is 5. The summed E-state index contributed by atoms with van der Waals surface area (Å²) < 4.78 is 0. The number of hydrazine groups is 2. The molecule has 0 bridgehead atoms. The molecule has 2 aliphatic rings. The van der Waals surface area contributed by atoms with Crippen LogP contribution in [0, 0.1) is 6.92 Å². The topological polar surface area (TPSA) is 43.4 Å². The van der Waals surface area contributed by atoms with Crippen molar-refractivity contribution in [2.45, 2.75) is 13.8 Å². The van der Waals surface area contributed by atoms with Crippen molar-refractivity contribution in [1.29, 1.82) is 0 Å². The molecule has 1 aromatic heterocycles. The first-order valence-electron chi connectivity index (χ1n) is 9.71. The average Bonchev–Trinajstić information content (AvgIpc) is 3.01. The first kappa shape index (κ1) is 18.0. The quantitative estimate of drug-likeness (QED) is 0.638. The summed E-state index contributed by atoms with van der Waals surface area (Å²) in [5.41, 5.74) is 15.6. The summed E-state index contributed by atoms with van der Waals surface area (Å²) in [6, 6.07) is 18.9. The molecule has 0 aliphatic carbocycles. The highest BCUT2D eigenvalue weighted by molar-refractivity contribution is 6.30. The minimum absolute atomic E-state index is 0.744. The molecule has 0 saturated heterocycles. The van der Waals surface area contributed by atoms with E-state index in [-0.39, 0.29) is 0 Å². The summed E-state index contributed by atoms with van der Waals surface area (Å²) in [5, 5.41) is 2.92. The summed E-state index contributed by atoms with van der Waals surface area (Å²) in [6.07, 6.45) is 1.94. The van der Waals surface area contributed by atoms with Gasteiger partial charge in [-0.15, -0.1) is 5.53 Å². The third-order valence-electron chi connectivity index (χ3n) is 5.48. The normalized spacial score (nSPS) is 15.7. The fourth-order valence-corrected chi connectivity index (χ4v) is 4.09. The molecule has 3 heterocycles. The van der Waals surface area contributed by atoms with Gasteiger partial charge >= 0.3 is 0 Å². The van der Waals surface area contributed by atoms with Gasteiger partial charge in [-0.05, 0) is 55.8 Å². The highest BCUT2D eigenvalue weighted by Crippen LogP contribution is 2.40. The number of benzene rings is 2. The molecule has 0 spiro atoms. The molecule has 0 atom stereocenters. The lowest BCUT2D eigenvalue weighted by Gasteiger charge is -2.25. The van der Waals surface area contributed by atoms with Crippen molar-refractivity contribution in [1.82, 2.24) is 21.0 Å². The van der Waals surface area contributed by atoms with E-state index in [0.29, 0.717) is 0 Å². The SMILES string of the molecule is CC1=C2c3ccc(-c4ccc(C)nc4)cc3N(c3ccc(Cl)cc3)CCN2NN1. The Kier molecular flexibility index (Phi) is 4.42. The van der Waals surface area contributed by atoms with Crippen molar-refractivity contribution in [2.75, 3.05) is 18.0 Å². The molecule has 5 nitrogen and oxygen atoms in total. The zero-order valence-electron chi connectivity index (χ0n) is 16.4. The molecule has 146 valence electrons. The number of allylic oxidation sites excluding steroid dienone is 1. The van der Waals surface area contributed by atoms with Crippen LogP contribution in [0.1, 0.15) is 18.2 Å². The number of hydrogen-bond donors (Lipinski definition) is 2. The molecule has 29 heavy (non-hydrogen) atoms. The fraction of sp³-hybridized carbons (Fsp3) is 0.174. The Hall–Kier alpha value is -3.02. The Morgan fingerprint density at radius 2 is 1.72 bits per heavy atom. The van der Waals surface area contributed by atoms with E-state index in [4.69, 9.17) is 11.6 Å². The Morgan fingerprint density at radius 1 is 0.931 bits per heavy atom. The number of anilines is 2. The average molecular weight is 404 g/mol. The van der Waals surface area contributed by atoms with Gasteiger partial charge in [0.2, 0.25) is 0 Å². The van der Waals surface area contributed by atoms with Crippen molar-refractivity contribution in [3.8, 4) is 11.1 Å². The Labute approximate surface area is 175 Å². The van der Waals surface area contributed by atoms with Crippen LogP contribution in [0.5, 0.6) is 0 Å². The highest BCUT2D eigenvalue weighted by atomic mass is 35.5. The molecule has 2 N–H and O–H groups in total. The second kappa shape index (κ2) is 7.10. The van der Waals surface area contributed by atoms with Crippen molar-refractivity contribution in [3.05, 3.63) is 82.8 Å². The first-order chi connectivity index (χ1) is 14.1. The van der Waals surface area contributed by atoms with Crippen molar-refractivity contribution in [2.24, 2.45) is 0 Å². The molecular formula is C23H22ClN5.